The van der Waals surface area contributed by atoms with Gasteiger partial charge in [0.2, 0.25) is 11.8 Å². The maximum absolute atomic E-state index is 12.6. The first-order valence-electron chi connectivity index (χ1n) is 8.93. The first kappa shape index (κ1) is 19.8. The molecule has 0 aromatic heterocycles. The van der Waals surface area contributed by atoms with Crippen molar-refractivity contribution >= 4 is 29.3 Å². The highest BCUT2D eigenvalue weighted by Gasteiger charge is 2.40. The van der Waals surface area contributed by atoms with Gasteiger partial charge in [0.25, 0.3) is 11.8 Å². The zero-order chi connectivity index (χ0) is 21.0. The number of imide groups is 1. The first-order valence-corrected chi connectivity index (χ1v) is 8.93. The van der Waals surface area contributed by atoms with Crippen molar-refractivity contribution in [2.45, 2.75) is 25.9 Å². The van der Waals surface area contributed by atoms with Crippen LogP contribution in [0.3, 0.4) is 0 Å². The Morgan fingerprint density at radius 3 is 2.24 bits per heavy atom. The normalized spacial score (nSPS) is 13.4. The minimum absolute atomic E-state index is 0.0787. The smallest absolute Gasteiger partial charge is 0.262 e. The Bertz CT molecular complexity index is 1010. The van der Waals surface area contributed by atoms with Gasteiger partial charge in [0.1, 0.15) is 12.5 Å². The zero-order valence-corrected chi connectivity index (χ0v) is 15.6. The number of para-hydroxylation sites is 1. The van der Waals surface area contributed by atoms with Crippen molar-refractivity contribution in [2.75, 3.05) is 5.32 Å². The lowest BCUT2D eigenvalue weighted by Crippen LogP contribution is -2.47. The molecule has 0 aliphatic carbocycles. The Balaban J connectivity index is 1.68. The van der Waals surface area contributed by atoms with Gasteiger partial charge in [0, 0.05) is 12.2 Å². The number of benzene rings is 2. The molecular weight excluding hydrogens is 372 g/mol. The van der Waals surface area contributed by atoms with Gasteiger partial charge < -0.3 is 10.6 Å². The Kier molecular flexibility index (Phi) is 5.69. The van der Waals surface area contributed by atoms with Gasteiger partial charge in [-0.05, 0) is 30.7 Å². The van der Waals surface area contributed by atoms with Gasteiger partial charge in [0.15, 0.2) is 0 Å². The first-order chi connectivity index (χ1) is 13.9. The Morgan fingerprint density at radius 1 is 1.03 bits per heavy atom. The van der Waals surface area contributed by atoms with E-state index in [1.807, 2.05) is 0 Å². The van der Waals surface area contributed by atoms with Crippen LogP contribution in [0.2, 0.25) is 0 Å². The number of hydrogen-bond donors (Lipinski definition) is 2. The summed E-state index contributed by atoms with van der Waals surface area (Å²) in [7, 11) is 0. The van der Waals surface area contributed by atoms with Crippen LogP contribution in [-0.4, -0.2) is 34.6 Å². The molecule has 1 unspecified atom stereocenters. The summed E-state index contributed by atoms with van der Waals surface area (Å²) in [5.74, 6) is -1.96. The number of nitrogens with zero attached hydrogens (tertiary/aromatic N) is 2. The van der Waals surface area contributed by atoms with Crippen LogP contribution in [0, 0.1) is 11.3 Å². The van der Waals surface area contributed by atoms with E-state index in [0.717, 1.165) is 4.90 Å². The standard InChI is InChI=1S/C21H18N4O4/c1-13(25-20(28)15-7-3-4-8-16(15)21(25)29)19(27)23-12-14-6-2-5-9-17(14)24-18(26)10-11-22/h2-9,13H,10,12H2,1H3,(H,23,27)(H,24,26). The summed E-state index contributed by atoms with van der Waals surface area (Å²) in [5, 5.41) is 13.9. The second-order valence-electron chi connectivity index (χ2n) is 6.46. The maximum Gasteiger partial charge on any atom is 0.262 e. The molecule has 2 aromatic rings. The molecule has 0 saturated carbocycles. The summed E-state index contributed by atoms with van der Waals surface area (Å²) in [4.78, 5) is 50.2. The Hall–Kier alpha value is -3.99. The lowest BCUT2D eigenvalue weighted by molar-refractivity contribution is -0.124. The third-order valence-corrected chi connectivity index (χ3v) is 4.58. The molecule has 1 atom stereocenters. The number of nitrogens with one attached hydrogen (secondary N) is 2. The summed E-state index contributed by atoms with van der Waals surface area (Å²) in [6, 6.07) is 14.0. The van der Waals surface area contributed by atoms with Crippen LogP contribution < -0.4 is 10.6 Å². The summed E-state index contributed by atoms with van der Waals surface area (Å²) < 4.78 is 0. The molecule has 1 aliphatic rings. The predicted molar refractivity (Wildman–Crippen MR) is 104 cm³/mol. The average molecular weight is 390 g/mol. The highest BCUT2D eigenvalue weighted by Crippen LogP contribution is 2.24. The van der Waals surface area contributed by atoms with Gasteiger partial charge in [-0.3, -0.25) is 24.1 Å². The molecule has 0 bridgehead atoms. The van der Waals surface area contributed by atoms with E-state index in [2.05, 4.69) is 10.6 Å². The highest BCUT2D eigenvalue weighted by atomic mass is 16.2. The lowest BCUT2D eigenvalue weighted by Gasteiger charge is -2.22. The maximum atomic E-state index is 12.6. The van der Waals surface area contributed by atoms with Crippen molar-refractivity contribution in [3.63, 3.8) is 0 Å². The molecule has 3 rings (SSSR count). The molecule has 0 saturated heterocycles. The van der Waals surface area contributed by atoms with Gasteiger partial charge in [-0.2, -0.15) is 5.26 Å². The van der Waals surface area contributed by atoms with E-state index in [4.69, 9.17) is 5.26 Å². The number of fused-ring (bicyclic) bond motifs is 1. The number of carbonyl (C=O) groups is 4. The SMILES string of the molecule is CC(C(=O)NCc1ccccc1NC(=O)CC#N)N1C(=O)c2ccccc2C1=O. The van der Waals surface area contributed by atoms with Crippen LogP contribution in [0.25, 0.3) is 0 Å². The molecule has 29 heavy (non-hydrogen) atoms. The Morgan fingerprint density at radius 2 is 1.62 bits per heavy atom. The molecule has 8 nitrogen and oxygen atoms in total. The quantitative estimate of drug-likeness (QED) is 0.730. The van der Waals surface area contributed by atoms with E-state index in [0.29, 0.717) is 11.3 Å². The predicted octanol–water partition coefficient (Wildman–Crippen LogP) is 1.84. The van der Waals surface area contributed by atoms with E-state index < -0.39 is 29.7 Å². The minimum atomic E-state index is -0.997. The fraction of sp³-hybridized carbons (Fsp3) is 0.190. The van der Waals surface area contributed by atoms with Gasteiger partial charge in [-0.1, -0.05) is 30.3 Å². The van der Waals surface area contributed by atoms with Crippen molar-refractivity contribution < 1.29 is 19.2 Å². The van der Waals surface area contributed by atoms with Crippen molar-refractivity contribution in [3.8, 4) is 6.07 Å². The van der Waals surface area contributed by atoms with Crippen LogP contribution in [0.5, 0.6) is 0 Å². The fourth-order valence-corrected chi connectivity index (χ4v) is 3.07. The van der Waals surface area contributed by atoms with Crippen LogP contribution in [0.4, 0.5) is 5.69 Å². The number of rotatable bonds is 6. The summed E-state index contributed by atoms with van der Waals surface area (Å²) >= 11 is 0. The third-order valence-electron chi connectivity index (χ3n) is 4.58. The molecule has 0 fully saturated rings. The van der Waals surface area contributed by atoms with E-state index in [1.165, 1.54) is 6.92 Å². The Labute approximate surface area is 167 Å². The molecule has 146 valence electrons. The van der Waals surface area contributed by atoms with Crippen molar-refractivity contribution in [3.05, 3.63) is 65.2 Å². The molecule has 4 amide bonds. The van der Waals surface area contributed by atoms with E-state index in [9.17, 15) is 19.2 Å². The number of hydrogen-bond acceptors (Lipinski definition) is 5. The minimum Gasteiger partial charge on any atom is -0.350 e. The second-order valence-corrected chi connectivity index (χ2v) is 6.46. The molecule has 0 spiro atoms. The lowest BCUT2D eigenvalue weighted by atomic mass is 10.1. The molecule has 2 aromatic carbocycles. The van der Waals surface area contributed by atoms with Crippen LogP contribution in [0.1, 0.15) is 39.6 Å². The summed E-state index contributed by atoms with van der Waals surface area (Å²) in [6.07, 6.45) is -0.280. The van der Waals surface area contributed by atoms with E-state index in [-0.39, 0.29) is 24.1 Å². The molecule has 8 heteroatoms. The second kappa shape index (κ2) is 8.35. The van der Waals surface area contributed by atoms with E-state index in [1.54, 1.807) is 54.6 Å². The average Bonchev–Trinajstić information content (AvgIpc) is 2.97. The number of carbonyl (C=O) groups excluding carboxylic acids is 4. The number of anilines is 1. The zero-order valence-electron chi connectivity index (χ0n) is 15.6. The molecule has 2 N–H and O–H groups in total. The fourth-order valence-electron chi connectivity index (χ4n) is 3.07. The monoisotopic (exact) mass is 390 g/mol. The molecule has 0 radical (unpaired) electrons. The van der Waals surface area contributed by atoms with Crippen LogP contribution >= 0.6 is 0 Å². The topological polar surface area (TPSA) is 119 Å². The number of nitriles is 1. The highest BCUT2D eigenvalue weighted by molar-refractivity contribution is 6.22. The van der Waals surface area contributed by atoms with Crippen molar-refractivity contribution in [1.29, 1.82) is 5.26 Å². The van der Waals surface area contributed by atoms with Crippen LogP contribution in [0.15, 0.2) is 48.5 Å². The third kappa shape index (κ3) is 3.99. The number of amides is 4. The van der Waals surface area contributed by atoms with Crippen LogP contribution in [-0.2, 0) is 16.1 Å². The van der Waals surface area contributed by atoms with Gasteiger partial charge in [-0.15, -0.1) is 0 Å². The molecular formula is C21H18N4O4. The molecule has 1 heterocycles. The summed E-state index contributed by atoms with van der Waals surface area (Å²) in [6.45, 7) is 1.56. The van der Waals surface area contributed by atoms with Gasteiger partial charge in [-0.25, -0.2) is 0 Å². The molecule has 1 aliphatic heterocycles. The summed E-state index contributed by atoms with van der Waals surface area (Å²) in [5.41, 5.74) is 1.66. The van der Waals surface area contributed by atoms with Gasteiger partial charge in [0.05, 0.1) is 17.2 Å². The van der Waals surface area contributed by atoms with Gasteiger partial charge >= 0.3 is 0 Å². The van der Waals surface area contributed by atoms with E-state index >= 15 is 0 Å². The van der Waals surface area contributed by atoms with Crippen molar-refractivity contribution in [1.82, 2.24) is 10.2 Å². The largest absolute Gasteiger partial charge is 0.350 e. The van der Waals surface area contributed by atoms with Crippen molar-refractivity contribution in [2.24, 2.45) is 0 Å².